The third kappa shape index (κ3) is 4.75. The number of aliphatic hydroxyl groups is 1. The van der Waals surface area contributed by atoms with Gasteiger partial charge in [-0.3, -0.25) is 9.69 Å². The first-order chi connectivity index (χ1) is 10.6. The summed E-state index contributed by atoms with van der Waals surface area (Å²) in [5.74, 6) is 0.879. The second-order valence-corrected chi connectivity index (χ2v) is 5.48. The quantitative estimate of drug-likeness (QED) is 0.759. The number of rotatable bonds is 7. The van der Waals surface area contributed by atoms with Gasteiger partial charge in [-0.2, -0.15) is 4.98 Å². The maximum Gasteiger partial charge on any atom is 0.246 e. The van der Waals surface area contributed by atoms with E-state index in [0.717, 1.165) is 19.4 Å². The summed E-state index contributed by atoms with van der Waals surface area (Å²) in [6, 6.07) is 0. The smallest absolute Gasteiger partial charge is 0.246 e. The van der Waals surface area contributed by atoms with Crippen molar-refractivity contribution in [2.45, 2.75) is 39.0 Å². The van der Waals surface area contributed by atoms with Crippen molar-refractivity contribution in [3.8, 4) is 0 Å². The molecule has 0 bridgehead atoms. The van der Waals surface area contributed by atoms with Crippen LogP contribution in [0.25, 0.3) is 0 Å². The number of methoxy groups -OCH3 is 1. The van der Waals surface area contributed by atoms with Crippen molar-refractivity contribution >= 4 is 5.91 Å². The van der Waals surface area contributed by atoms with Crippen LogP contribution < -0.4 is 0 Å². The molecule has 22 heavy (non-hydrogen) atoms. The Labute approximate surface area is 130 Å². The molecule has 1 aliphatic rings. The van der Waals surface area contributed by atoms with Crippen LogP contribution in [0.4, 0.5) is 0 Å². The van der Waals surface area contributed by atoms with Gasteiger partial charge in [-0.15, -0.1) is 0 Å². The second kappa shape index (κ2) is 8.21. The number of hydrogen-bond acceptors (Lipinski definition) is 7. The Morgan fingerprint density at radius 2 is 2.41 bits per heavy atom. The van der Waals surface area contributed by atoms with Gasteiger partial charge in [0, 0.05) is 20.2 Å². The van der Waals surface area contributed by atoms with Crippen LogP contribution in [0.5, 0.6) is 0 Å². The third-order valence-corrected chi connectivity index (χ3v) is 3.68. The van der Waals surface area contributed by atoms with Crippen LogP contribution in [0.15, 0.2) is 4.52 Å². The molecule has 0 saturated carbocycles. The first-order valence-electron chi connectivity index (χ1n) is 7.61. The van der Waals surface area contributed by atoms with E-state index >= 15 is 0 Å². The fourth-order valence-corrected chi connectivity index (χ4v) is 2.55. The molecule has 1 aromatic rings. The molecule has 1 amide bonds. The highest BCUT2D eigenvalue weighted by molar-refractivity contribution is 5.78. The van der Waals surface area contributed by atoms with Crippen molar-refractivity contribution in [2.24, 2.45) is 0 Å². The number of hydrogen-bond donors (Lipinski definition) is 1. The lowest BCUT2D eigenvalue weighted by atomic mass is 10.1. The van der Waals surface area contributed by atoms with E-state index < -0.39 is 0 Å². The molecule has 0 aliphatic carbocycles. The van der Waals surface area contributed by atoms with Gasteiger partial charge < -0.3 is 19.3 Å². The average Bonchev–Trinajstić information content (AvgIpc) is 2.92. The zero-order valence-corrected chi connectivity index (χ0v) is 13.2. The summed E-state index contributed by atoms with van der Waals surface area (Å²) in [5.41, 5.74) is 0. The molecule has 2 rings (SSSR count). The van der Waals surface area contributed by atoms with Gasteiger partial charge in [0.1, 0.15) is 13.2 Å². The van der Waals surface area contributed by atoms with Crippen LogP contribution in [0.3, 0.4) is 0 Å². The molecule has 8 heteroatoms. The number of amides is 1. The SMILES string of the molecule is CCN(Cc1nc(COC)no1)C(=O)CN1CCC[C@@H](O)C1. The first-order valence-corrected chi connectivity index (χ1v) is 7.61. The summed E-state index contributed by atoms with van der Waals surface area (Å²) >= 11 is 0. The highest BCUT2D eigenvalue weighted by atomic mass is 16.5. The molecular weight excluding hydrogens is 288 g/mol. The summed E-state index contributed by atoms with van der Waals surface area (Å²) in [7, 11) is 1.56. The van der Waals surface area contributed by atoms with Crippen LogP contribution in [0, 0.1) is 0 Å². The van der Waals surface area contributed by atoms with E-state index in [1.807, 2.05) is 11.8 Å². The van der Waals surface area contributed by atoms with Crippen LogP contribution in [0.1, 0.15) is 31.5 Å². The second-order valence-electron chi connectivity index (χ2n) is 5.48. The third-order valence-electron chi connectivity index (χ3n) is 3.68. The maximum absolute atomic E-state index is 12.4. The van der Waals surface area contributed by atoms with Crippen molar-refractivity contribution in [2.75, 3.05) is 33.3 Å². The topological polar surface area (TPSA) is 91.9 Å². The summed E-state index contributed by atoms with van der Waals surface area (Å²) in [4.78, 5) is 20.2. The van der Waals surface area contributed by atoms with E-state index in [4.69, 9.17) is 9.26 Å². The Morgan fingerprint density at radius 3 is 3.09 bits per heavy atom. The zero-order valence-electron chi connectivity index (χ0n) is 13.2. The minimum atomic E-state index is -0.329. The van der Waals surface area contributed by atoms with Gasteiger partial charge >= 0.3 is 0 Å². The fourth-order valence-electron chi connectivity index (χ4n) is 2.55. The normalized spacial score (nSPS) is 19.3. The molecule has 1 fully saturated rings. The lowest BCUT2D eigenvalue weighted by Gasteiger charge is -2.31. The Kier molecular flexibility index (Phi) is 6.29. The molecule has 1 saturated heterocycles. The largest absolute Gasteiger partial charge is 0.392 e. The number of ether oxygens (including phenoxy) is 1. The molecule has 1 aliphatic heterocycles. The Bertz CT molecular complexity index is 479. The maximum atomic E-state index is 12.4. The van der Waals surface area contributed by atoms with Crippen LogP contribution in [-0.2, 0) is 22.7 Å². The monoisotopic (exact) mass is 312 g/mol. The molecule has 1 N–H and O–H groups in total. The Balaban J connectivity index is 1.87. The predicted octanol–water partition coefficient (Wildman–Crippen LogP) is 0.0212. The predicted molar refractivity (Wildman–Crippen MR) is 77.8 cm³/mol. The van der Waals surface area contributed by atoms with E-state index in [1.165, 1.54) is 0 Å². The molecule has 0 radical (unpaired) electrons. The highest BCUT2D eigenvalue weighted by Crippen LogP contribution is 2.11. The molecule has 2 heterocycles. The van der Waals surface area contributed by atoms with Gasteiger partial charge in [0.05, 0.1) is 12.6 Å². The van der Waals surface area contributed by atoms with Crippen molar-refractivity contribution in [3.63, 3.8) is 0 Å². The van der Waals surface area contributed by atoms with E-state index in [9.17, 15) is 9.90 Å². The number of carbonyl (C=O) groups excluding carboxylic acids is 1. The first kappa shape index (κ1) is 16.9. The van der Waals surface area contributed by atoms with Crippen molar-refractivity contribution in [1.29, 1.82) is 0 Å². The van der Waals surface area contributed by atoms with Crippen molar-refractivity contribution in [3.05, 3.63) is 11.7 Å². The number of β-amino-alcohol motifs (C(OH)–C–C–N with tert-alkyl or cyclic N) is 1. The van der Waals surface area contributed by atoms with Gasteiger partial charge in [-0.1, -0.05) is 5.16 Å². The summed E-state index contributed by atoms with van der Waals surface area (Å²) in [5, 5.41) is 13.5. The van der Waals surface area contributed by atoms with Gasteiger partial charge in [0.2, 0.25) is 11.8 Å². The van der Waals surface area contributed by atoms with Crippen LogP contribution in [-0.4, -0.2) is 70.3 Å². The van der Waals surface area contributed by atoms with E-state index in [0.29, 0.717) is 37.9 Å². The molecular formula is C14H24N4O4. The fraction of sp³-hybridized carbons (Fsp3) is 0.786. The number of piperidine rings is 1. The van der Waals surface area contributed by atoms with Crippen molar-refractivity contribution in [1.82, 2.24) is 19.9 Å². The van der Waals surface area contributed by atoms with Gasteiger partial charge in [-0.25, -0.2) is 0 Å². The number of nitrogens with zero attached hydrogens (tertiary/aromatic N) is 4. The molecule has 8 nitrogen and oxygen atoms in total. The van der Waals surface area contributed by atoms with E-state index in [2.05, 4.69) is 10.1 Å². The van der Waals surface area contributed by atoms with Gasteiger partial charge in [0.25, 0.3) is 0 Å². The number of carbonyl (C=O) groups is 1. The molecule has 0 spiro atoms. The molecule has 0 aromatic carbocycles. The van der Waals surface area contributed by atoms with Crippen molar-refractivity contribution < 1.29 is 19.2 Å². The lowest BCUT2D eigenvalue weighted by molar-refractivity contribution is -0.133. The number of aliphatic hydroxyl groups excluding tert-OH is 1. The molecule has 1 atom stereocenters. The average molecular weight is 312 g/mol. The Hall–Kier alpha value is -1.51. The summed E-state index contributed by atoms with van der Waals surface area (Å²) in [6.45, 7) is 4.77. The summed E-state index contributed by atoms with van der Waals surface area (Å²) < 4.78 is 10.1. The minimum absolute atomic E-state index is 0.00286. The zero-order chi connectivity index (χ0) is 15.9. The van der Waals surface area contributed by atoms with Crippen LogP contribution in [0.2, 0.25) is 0 Å². The van der Waals surface area contributed by atoms with E-state index in [1.54, 1.807) is 12.0 Å². The number of likely N-dealkylation sites (tertiary alicyclic amines) is 1. The molecule has 0 unspecified atom stereocenters. The van der Waals surface area contributed by atoms with Gasteiger partial charge in [-0.05, 0) is 26.3 Å². The molecule has 1 aromatic heterocycles. The number of aromatic nitrogens is 2. The number of likely N-dealkylation sites (N-methyl/N-ethyl adjacent to an activating group) is 1. The lowest BCUT2D eigenvalue weighted by Crippen LogP contribution is -2.45. The minimum Gasteiger partial charge on any atom is -0.392 e. The summed E-state index contributed by atoms with van der Waals surface area (Å²) in [6.07, 6.45) is 1.40. The Morgan fingerprint density at radius 1 is 1.59 bits per heavy atom. The van der Waals surface area contributed by atoms with E-state index in [-0.39, 0.29) is 18.6 Å². The standard InChI is InChI=1S/C14H24N4O4/c1-3-18(8-13-15-12(10-21-2)16-22-13)14(20)9-17-6-4-5-11(19)7-17/h11,19H,3-10H2,1-2H3/t11-/m1/s1. The molecule has 124 valence electrons. The van der Waals surface area contributed by atoms with Crippen LogP contribution >= 0.6 is 0 Å². The van der Waals surface area contributed by atoms with Gasteiger partial charge in [0.15, 0.2) is 5.82 Å². The highest BCUT2D eigenvalue weighted by Gasteiger charge is 2.23.